The Kier molecular flexibility index (Phi) is 3.57. The fourth-order valence-electron chi connectivity index (χ4n) is 1.43. The zero-order valence-electron chi connectivity index (χ0n) is 10.8. The molecule has 0 aliphatic heterocycles. The molecule has 0 amide bonds. The highest BCUT2D eigenvalue weighted by atomic mass is 32.2. The topological polar surface area (TPSA) is 42.3 Å². The number of aromatic nitrogens is 1. The molecule has 0 saturated heterocycles. The Morgan fingerprint density at radius 3 is 2.72 bits per heavy atom. The van der Waals surface area contributed by atoms with Crippen LogP contribution >= 0.6 is 0 Å². The summed E-state index contributed by atoms with van der Waals surface area (Å²) in [4.78, 5) is 4.33. The van der Waals surface area contributed by atoms with Gasteiger partial charge in [0.1, 0.15) is 11.0 Å². The summed E-state index contributed by atoms with van der Waals surface area (Å²) >= 11 is 0. The second-order valence-corrected chi connectivity index (χ2v) is 6.99. The van der Waals surface area contributed by atoms with Gasteiger partial charge in [-0.05, 0) is 32.9 Å². The van der Waals surface area contributed by atoms with Gasteiger partial charge in [0.2, 0.25) is 0 Å². The molecule has 0 N–H and O–H groups in total. The van der Waals surface area contributed by atoms with Crippen LogP contribution in [-0.4, -0.2) is 20.2 Å². The van der Waals surface area contributed by atoms with E-state index in [4.69, 9.17) is 0 Å². The number of benzene rings is 1. The van der Waals surface area contributed by atoms with Gasteiger partial charge in [-0.3, -0.25) is 4.98 Å². The first-order valence-electron chi connectivity index (χ1n) is 5.78. The molecule has 0 spiro atoms. The fraction of sp³-hybridized carbons (Fsp3) is 0.286. The maximum absolute atomic E-state index is 11.8. The van der Waals surface area contributed by atoms with Crippen molar-refractivity contribution in [1.82, 2.24) is 4.98 Å². The van der Waals surface area contributed by atoms with E-state index in [0.717, 1.165) is 16.5 Å². The molecule has 1 atom stereocenters. The van der Waals surface area contributed by atoms with Gasteiger partial charge in [-0.25, -0.2) is 4.21 Å². The molecule has 3 nitrogen and oxygen atoms in total. The predicted molar refractivity (Wildman–Crippen MR) is 77.2 cm³/mol. The van der Waals surface area contributed by atoms with E-state index in [9.17, 15) is 4.21 Å². The number of rotatable bonds is 2. The van der Waals surface area contributed by atoms with E-state index < -0.39 is 11.0 Å². The van der Waals surface area contributed by atoms with Gasteiger partial charge in [-0.15, -0.1) is 0 Å². The van der Waals surface area contributed by atoms with Crippen LogP contribution in [0.1, 0.15) is 26.3 Å². The maximum Gasteiger partial charge on any atom is 0.144 e. The lowest BCUT2D eigenvalue weighted by molar-refractivity contribution is 0.651. The van der Waals surface area contributed by atoms with Crippen molar-refractivity contribution in [3.8, 4) is 0 Å². The molecule has 2 rings (SSSR count). The number of hydrogen-bond acceptors (Lipinski definition) is 2. The molecule has 0 saturated carbocycles. The molecule has 0 bridgehead atoms. The van der Waals surface area contributed by atoms with Gasteiger partial charge < -0.3 is 0 Å². The number of nitrogens with zero attached hydrogens (tertiary/aromatic N) is 2. The third-order valence-corrected chi connectivity index (χ3v) is 3.78. The summed E-state index contributed by atoms with van der Waals surface area (Å²) in [5.74, 6) is 0. The highest BCUT2D eigenvalue weighted by Crippen LogP contribution is 2.14. The molecule has 94 valence electrons. The first kappa shape index (κ1) is 12.9. The third-order valence-electron chi connectivity index (χ3n) is 2.43. The molecule has 2 aromatic rings. The minimum Gasteiger partial charge on any atom is -0.256 e. The monoisotopic (exact) mass is 260 g/mol. The SMILES string of the molecule is CC(C)(C)[S@](=O)N=Cc1cnc2ccccc2c1. The lowest BCUT2D eigenvalue weighted by atomic mass is 10.2. The molecule has 1 aromatic heterocycles. The Hall–Kier alpha value is -1.55. The van der Waals surface area contributed by atoms with E-state index >= 15 is 0 Å². The van der Waals surface area contributed by atoms with Crippen LogP contribution in [0.15, 0.2) is 40.9 Å². The van der Waals surface area contributed by atoms with Crippen LogP contribution in [0.2, 0.25) is 0 Å². The summed E-state index contributed by atoms with van der Waals surface area (Å²) in [6.45, 7) is 5.71. The van der Waals surface area contributed by atoms with Gasteiger partial charge in [-0.2, -0.15) is 4.40 Å². The van der Waals surface area contributed by atoms with Crippen LogP contribution in [-0.2, 0) is 11.0 Å². The molecule has 1 aromatic carbocycles. The Morgan fingerprint density at radius 2 is 2.00 bits per heavy atom. The number of pyridine rings is 1. The molecular weight excluding hydrogens is 244 g/mol. The summed E-state index contributed by atoms with van der Waals surface area (Å²) in [6.07, 6.45) is 3.37. The van der Waals surface area contributed by atoms with Crippen LogP contribution < -0.4 is 0 Å². The fourth-order valence-corrected chi connectivity index (χ4v) is 1.96. The average Bonchev–Trinajstić information content (AvgIpc) is 2.34. The molecule has 4 heteroatoms. The Morgan fingerprint density at radius 1 is 1.28 bits per heavy atom. The van der Waals surface area contributed by atoms with Crippen molar-refractivity contribution < 1.29 is 4.21 Å². The van der Waals surface area contributed by atoms with Crippen LogP contribution in [0.3, 0.4) is 0 Å². The van der Waals surface area contributed by atoms with Crippen LogP contribution in [0, 0.1) is 0 Å². The van der Waals surface area contributed by atoms with Gasteiger partial charge in [-0.1, -0.05) is 18.2 Å². The second-order valence-electron chi connectivity index (χ2n) is 5.06. The van der Waals surface area contributed by atoms with Gasteiger partial charge in [0.15, 0.2) is 0 Å². The normalized spacial score (nSPS) is 14.2. The summed E-state index contributed by atoms with van der Waals surface area (Å²) in [7, 11) is -1.23. The second kappa shape index (κ2) is 4.98. The first-order chi connectivity index (χ1) is 8.47. The molecule has 0 aliphatic carbocycles. The first-order valence-corrected chi connectivity index (χ1v) is 6.88. The molecule has 0 radical (unpaired) electrons. The zero-order valence-corrected chi connectivity index (χ0v) is 11.6. The quantitative estimate of drug-likeness (QED) is 0.779. The molecule has 0 unspecified atom stereocenters. The summed E-state index contributed by atoms with van der Waals surface area (Å²) in [5, 5.41) is 1.06. The van der Waals surface area contributed by atoms with Crippen molar-refractivity contribution in [2.24, 2.45) is 4.40 Å². The van der Waals surface area contributed by atoms with Gasteiger partial charge in [0.25, 0.3) is 0 Å². The van der Waals surface area contributed by atoms with Crippen molar-refractivity contribution in [2.75, 3.05) is 0 Å². The lowest BCUT2D eigenvalue weighted by Gasteiger charge is -2.12. The van der Waals surface area contributed by atoms with E-state index in [0.29, 0.717) is 0 Å². The van der Waals surface area contributed by atoms with E-state index in [1.165, 1.54) is 0 Å². The van der Waals surface area contributed by atoms with Gasteiger partial charge >= 0.3 is 0 Å². The number of fused-ring (bicyclic) bond motifs is 1. The highest BCUT2D eigenvalue weighted by molar-refractivity contribution is 7.85. The maximum atomic E-state index is 11.8. The van der Waals surface area contributed by atoms with Crippen LogP contribution in [0.5, 0.6) is 0 Å². The van der Waals surface area contributed by atoms with E-state index in [-0.39, 0.29) is 4.75 Å². The molecule has 0 fully saturated rings. The Bertz CT molecular complexity index is 614. The summed E-state index contributed by atoms with van der Waals surface area (Å²) in [6, 6.07) is 9.88. The lowest BCUT2D eigenvalue weighted by Crippen LogP contribution is -2.19. The average molecular weight is 260 g/mol. The minimum atomic E-state index is -1.23. The van der Waals surface area contributed by atoms with Crippen molar-refractivity contribution in [1.29, 1.82) is 0 Å². The van der Waals surface area contributed by atoms with E-state index in [1.54, 1.807) is 12.4 Å². The van der Waals surface area contributed by atoms with Crippen LogP contribution in [0.25, 0.3) is 10.9 Å². The Labute approximate surface area is 110 Å². The van der Waals surface area contributed by atoms with Gasteiger partial charge in [0, 0.05) is 23.4 Å². The molecule has 0 aliphatic rings. The summed E-state index contributed by atoms with van der Waals surface area (Å²) < 4.78 is 15.5. The Balaban J connectivity index is 2.27. The smallest absolute Gasteiger partial charge is 0.144 e. The molecular formula is C14H16N2OS. The standard InChI is InChI=1S/C14H16N2OS/c1-14(2,3)18(17)16-10-11-8-12-6-4-5-7-13(12)15-9-11/h4-10H,1-3H3/t18-/m0/s1. The zero-order chi connectivity index (χ0) is 13.2. The van der Waals surface area contributed by atoms with Crippen molar-refractivity contribution >= 4 is 28.1 Å². The molecule has 1 heterocycles. The van der Waals surface area contributed by atoms with E-state index in [1.807, 2.05) is 51.1 Å². The number of para-hydroxylation sites is 1. The summed E-state index contributed by atoms with van der Waals surface area (Å²) in [5.41, 5.74) is 1.82. The van der Waals surface area contributed by atoms with Crippen molar-refractivity contribution in [3.05, 3.63) is 42.1 Å². The molecule has 18 heavy (non-hydrogen) atoms. The minimum absolute atomic E-state index is 0.333. The van der Waals surface area contributed by atoms with Gasteiger partial charge in [0.05, 0.1) is 10.3 Å². The number of hydrogen-bond donors (Lipinski definition) is 0. The van der Waals surface area contributed by atoms with Crippen molar-refractivity contribution in [3.63, 3.8) is 0 Å². The predicted octanol–water partition coefficient (Wildman–Crippen LogP) is 3.12. The van der Waals surface area contributed by atoms with Crippen molar-refractivity contribution in [2.45, 2.75) is 25.5 Å². The largest absolute Gasteiger partial charge is 0.256 e. The highest BCUT2D eigenvalue weighted by Gasteiger charge is 2.18. The van der Waals surface area contributed by atoms with Crippen LogP contribution in [0.4, 0.5) is 0 Å². The third kappa shape index (κ3) is 3.01. The van der Waals surface area contributed by atoms with E-state index in [2.05, 4.69) is 9.38 Å².